The van der Waals surface area contributed by atoms with Crippen LogP contribution >= 0.6 is 0 Å². The monoisotopic (exact) mass is 267 g/mol. The first-order valence-electron chi connectivity index (χ1n) is 5.28. The van der Waals surface area contributed by atoms with Crippen molar-refractivity contribution >= 4 is 9.84 Å². The molecule has 1 aromatic heterocycles. The first-order chi connectivity index (χ1) is 8.50. The van der Waals surface area contributed by atoms with Gasteiger partial charge in [0.25, 0.3) is 5.89 Å². The second-order valence-electron chi connectivity index (χ2n) is 3.85. The van der Waals surface area contributed by atoms with Gasteiger partial charge in [-0.3, -0.25) is 0 Å². The van der Waals surface area contributed by atoms with E-state index in [0.717, 1.165) is 6.26 Å². The minimum absolute atomic E-state index is 0.230. The van der Waals surface area contributed by atoms with Gasteiger partial charge in [0.1, 0.15) is 0 Å². The fourth-order valence-electron chi connectivity index (χ4n) is 1.46. The fourth-order valence-corrected chi connectivity index (χ4v) is 2.13. The van der Waals surface area contributed by atoms with Crippen molar-refractivity contribution in [3.05, 3.63) is 30.1 Å². The number of rotatable bonds is 4. The molecular weight excluding hydrogens is 254 g/mol. The molecule has 7 heteroatoms. The summed E-state index contributed by atoms with van der Waals surface area (Å²) in [4.78, 5) is 4.39. The fraction of sp³-hybridized carbons (Fsp3) is 0.273. The molecule has 0 saturated carbocycles. The molecule has 0 aliphatic rings. The van der Waals surface area contributed by atoms with Gasteiger partial charge in [0.05, 0.1) is 11.4 Å². The molecule has 0 saturated heterocycles. The zero-order valence-electron chi connectivity index (χ0n) is 10.0. The van der Waals surface area contributed by atoms with Crippen molar-refractivity contribution in [3.8, 4) is 11.5 Å². The predicted molar refractivity (Wildman–Crippen MR) is 65.6 cm³/mol. The maximum absolute atomic E-state index is 11.4. The van der Waals surface area contributed by atoms with Crippen molar-refractivity contribution in [1.82, 2.24) is 15.5 Å². The molecule has 0 radical (unpaired) electrons. The lowest BCUT2D eigenvalue weighted by Crippen LogP contribution is -2.06. The van der Waals surface area contributed by atoms with Crippen molar-refractivity contribution in [1.29, 1.82) is 0 Å². The topological polar surface area (TPSA) is 85.1 Å². The summed E-state index contributed by atoms with van der Waals surface area (Å²) < 4.78 is 28.0. The summed E-state index contributed by atoms with van der Waals surface area (Å²) >= 11 is 0. The summed E-state index contributed by atoms with van der Waals surface area (Å²) in [5.74, 6) is 0.836. The van der Waals surface area contributed by atoms with E-state index >= 15 is 0 Å². The van der Waals surface area contributed by atoms with Crippen LogP contribution in [-0.4, -0.2) is 31.9 Å². The van der Waals surface area contributed by atoms with Crippen molar-refractivity contribution < 1.29 is 12.9 Å². The van der Waals surface area contributed by atoms with Crippen LogP contribution in [0.25, 0.3) is 11.5 Å². The normalized spacial score (nSPS) is 11.7. The summed E-state index contributed by atoms with van der Waals surface area (Å²) in [6, 6.07) is 6.43. The van der Waals surface area contributed by atoms with Gasteiger partial charge in [-0.2, -0.15) is 4.98 Å². The zero-order valence-corrected chi connectivity index (χ0v) is 10.9. The Morgan fingerprint density at radius 1 is 1.39 bits per heavy atom. The standard InChI is InChI=1S/C11H13N3O3S/c1-12-7-10-13-11(17-14-10)8-4-3-5-9(6-8)18(2,15)16/h3-6,12H,7H2,1-2H3. The number of sulfone groups is 1. The average molecular weight is 267 g/mol. The molecule has 0 bridgehead atoms. The summed E-state index contributed by atoms with van der Waals surface area (Å²) in [6.45, 7) is 0.495. The van der Waals surface area contributed by atoms with Crippen LogP contribution in [0.3, 0.4) is 0 Å². The molecule has 2 aromatic rings. The van der Waals surface area contributed by atoms with Crippen molar-refractivity contribution in [3.63, 3.8) is 0 Å². The Kier molecular flexibility index (Phi) is 3.44. The van der Waals surface area contributed by atoms with E-state index in [-0.39, 0.29) is 4.90 Å². The third kappa shape index (κ3) is 2.74. The highest BCUT2D eigenvalue weighted by Gasteiger charge is 2.12. The van der Waals surface area contributed by atoms with E-state index in [2.05, 4.69) is 15.5 Å². The number of hydrogen-bond acceptors (Lipinski definition) is 6. The van der Waals surface area contributed by atoms with Crippen molar-refractivity contribution in [2.75, 3.05) is 13.3 Å². The molecule has 18 heavy (non-hydrogen) atoms. The Morgan fingerprint density at radius 3 is 2.83 bits per heavy atom. The Bertz CT molecular complexity index is 649. The Morgan fingerprint density at radius 2 is 2.17 bits per heavy atom. The maximum atomic E-state index is 11.4. The SMILES string of the molecule is CNCc1noc(-c2cccc(S(C)(=O)=O)c2)n1. The Balaban J connectivity index is 2.38. The highest BCUT2D eigenvalue weighted by molar-refractivity contribution is 7.90. The third-order valence-electron chi connectivity index (χ3n) is 2.31. The van der Waals surface area contributed by atoms with E-state index in [1.165, 1.54) is 12.1 Å². The summed E-state index contributed by atoms with van der Waals surface area (Å²) in [7, 11) is -1.46. The lowest BCUT2D eigenvalue weighted by atomic mass is 10.2. The number of hydrogen-bond donors (Lipinski definition) is 1. The smallest absolute Gasteiger partial charge is 0.258 e. The van der Waals surface area contributed by atoms with E-state index in [1.807, 2.05) is 0 Å². The molecule has 0 unspecified atom stereocenters. The quantitative estimate of drug-likeness (QED) is 0.884. The van der Waals surface area contributed by atoms with Gasteiger partial charge in [0.2, 0.25) is 0 Å². The molecule has 6 nitrogen and oxygen atoms in total. The molecular formula is C11H13N3O3S. The van der Waals surface area contributed by atoms with Gasteiger partial charge in [-0.15, -0.1) is 0 Å². The number of nitrogens with one attached hydrogen (secondary N) is 1. The second kappa shape index (κ2) is 4.87. The third-order valence-corrected chi connectivity index (χ3v) is 3.42. The number of nitrogens with zero attached hydrogens (tertiary/aromatic N) is 2. The van der Waals surface area contributed by atoms with Crippen molar-refractivity contribution in [2.45, 2.75) is 11.4 Å². The van der Waals surface area contributed by atoms with Crippen LogP contribution in [0, 0.1) is 0 Å². The van der Waals surface area contributed by atoms with E-state index in [1.54, 1.807) is 19.2 Å². The molecule has 0 atom stereocenters. The molecule has 0 aliphatic heterocycles. The number of benzene rings is 1. The minimum atomic E-state index is -3.24. The van der Waals surface area contributed by atoms with E-state index in [9.17, 15) is 8.42 Å². The van der Waals surface area contributed by atoms with Gasteiger partial charge >= 0.3 is 0 Å². The molecule has 1 N–H and O–H groups in total. The Hall–Kier alpha value is -1.73. The van der Waals surface area contributed by atoms with Gasteiger partial charge in [-0.05, 0) is 25.2 Å². The maximum Gasteiger partial charge on any atom is 0.258 e. The summed E-state index contributed by atoms with van der Waals surface area (Å²) in [5.41, 5.74) is 0.591. The molecule has 0 aliphatic carbocycles. The first kappa shape index (κ1) is 12.7. The van der Waals surface area contributed by atoms with Crippen LogP contribution in [0.2, 0.25) is 0 Å². The summed E-state index contributed by atoms with van der Waals surface area (Å²) in [6.07, 6.45) is 1.16. The van der Waals surface area contributed by atoms with Crippen LogP contribution in [0.1, 0.15) is 5.82 Å². The second-order valence-corrected chi connectivity index (χ2v) is 5.86. The van der Waals surface area contributed by atoms with Gasteiger partial charge in [0, 0.05) is 11.8 Å². The van der Waals surface area contributed by atoms with E-state index < -0.39 is 9.84 Å². The summed E-state index contributed by atoms with van der Waals surface area (Å²) in [5, 5.41) is 6.68. The van der Waals surface area contributed by atoms with Crippen LogP contribution in [-0.2, 0) is 16.4 Å². The molecule has 1 aromatic carbocycles. The van der Waals surface area contributed by atoms with Gasteiger partial charge in [-0.25, -0.2) is 8.42 Å². The number of aromatic nitrogens is 2. The first-order valence-corrected chi connectivity index (χ1v) is 7.17. The van der Waals surface area contributed by atoms with Gasteiger partial charge < -0.3 is 9.84 Å². The van der Waals surface area contributed by atoms with E-state index in [0.29, 0.717) is 23.8 Å². The molecule has 0 fully saturated rings. The molecule has 0 spiro atoms. The molecule has 0 amide bonds. The van der Waals surface area contributed by atoms with Crippen LogP contribution in [0.4, 0.5) is 0 Å². The van der Waals surface area contributed by atoms with Gasteiger partial charge in [0.15, 0.2) is 15.7 Å². The largest absolute Gasteiger partial charge is 0.334 e. The highest BCUT2D eigenvalue weighted by Crippen LogP contribution is 2.20. The minimum Gasteiger partial charge on any atom is -0.334 e. The lowest BCUT2D eigenvalue weighted by Gasteiger charge is -1.99. The average Bonchev–Trinajstić information content (AvgIpc) is 2.77. The van der Waals surface area contributed by atoms with Crippen LogP contribution < -0.4 is 5.32 Å². The molecule has 1 heterocycles. The highest BCUT2D eigenvalue weighted by atomic mass is 32.2. The lowest BCUT2D eigenvalue weighted by molar-refractivity contribution is 0.420. The molecule has 96 valence electrons. The van der Waals surface area contributed by atoms with E-state index in [4.69, 9.17) is 4.52 Å². The van der Waals surface area contributed by atoms with Crippen LogP contribution in [0.15, 0.2) is 33.7 Å². The van der Waals surface area contributed by atoms with Gasteiger partial charge in [-0.1, -0.05) is 11.2 Å². The van der Waals surface area contributed by atoms with Crippen LogP contribution in [0.5, 0.6) is 0 Å². The van der Waals surface area contributed by atoms with Crippen molar-refractivity contribution in [2.24, 2.45) is 0 Å². The molecule has 2 rings (SSSR count). The zero-order chi connectivity index (χ0) is 13.2. The predicted octanol–water partition coefficient (Wildman–Crippen LogP) is 0.859. The Labute approximate surface area is 105 Å².